The maximum atomic E-state index is 10.8. The van der Waals surface area contributed by atoms with E-state index in [0.717, 1.165) is 5.56 Å². The van der Waals surface area contributed by atoms with Crippen molar-refractivity contribution in [3.63, 3.8) is 0 Å². The van der Waals surface area contributed by atoms with Crippen molar-refractivity contribution in [1.82, 2.24) is 4.98 Å². The Balaban J connectivity index is 2.73. The van der Waals surface area contributed by atoms with Crippen molar-refractivity contribution >= 4 is 6.16 Å². The molecule has 1 atom stereocenters. The first-order valence-electron chi connectivity index (χ1n) is 3.97. The summed E-state index contributed by atoms with van der Waals surface area (Å²) in [6.07, 6.45) is 4.38. The molecule has 1 radical (unpaired) electrons. The van der Waals surface area contributed by atoms with Crippen molar-refractivity contribution in [1.29, 1.82) is 0 Å². The maximum Gasteiger partial charge on any atom is 0.508 e. The number of methoxy groups -OCH3 is 1. The van der Waals surface area contributed by atoms with Crippen LogP contribution in [0.15, 0.2) is 31.0 Å². The Labute approximate surface area is 82.2 Å². The van der Waals surface area contributed by atoms with Gasteiger partial charge in [0, 0.05) is 11.8 Å². The molecule has 0 bridgehead atoms. The predicted octanol–water partition coefficient (Wildman–Crippen LogP) is 1.89. The van der Waals surface area contributed by atoms with Crippen LogP contribution in [0.1, 0.15) is 11.7 Å². The van der Waals surface area contributed by atoms with Gasteiger partial charge in [0.05, 0.1) is 13.3 Å². The highest BCUT2D eigenvalue weighted by Crippen LogP contribution is 2.17. The van der Waals surface area contributed by atoms with Crippen LogP contribution in [0.4, 0.5) is 4.79 Å². The molecule has 0 aliphatic rings. The highest BCUT2D eigenvalue weighted by atomic mass is 16.7. The fourth-order valence-electron chi connectivity index (χ4n) is 0.904. The van der Waals surface area contributed by atoms with Gasteiger partial charge in [-0.3, -0.25) is 4.98 Å². The van der Waals surface area contributed by atoms with E-state index in [1.54, 1.807) is 18.3 Å². The molecule has 0 aromatic carbocycles. The monoisotopic (exact) mass is 192 g/mol. The maximum absolute atomic E-state index is 10.8. The smallest absolute Gasteiger partial charge is 0.438 e. The van der Waals surface area contributed by atoms with Crippen LogP contribution in [0.25, 0.3) is 0 Å². The summed E-state index contributed by atoms with van der Waals surface area (Å²) in [5.41, 5.74) is 0.726. The van der Waals surface area contributed by atoms with E-state index < -0.39 is 12.3 Å². The number of aromatic nitrogens is 1. The molecule has 0 aliphatic heterocycles. The average molecular weight is 192 g/mol. The van der Waals surface area contributed by atoms with Crippen LogP contribution in [0, 0.1) is 6.20 Å². The van der Waals surface area contributed by atoms with Crippen LogP contribution >= 0.6 is 0 Å². The number of carbonyl (C=O) groups excluding carboxylic acids is 1. The predicted molar refractivity (Wildman–Crippen MR) is 49.5 cm³/mol. The van der Waals surface area contributed by atoms with Gasteiger partial charge < -0.3 is 9.47 Å². The van der Waals surface area contributed by atoms with Gasteiger partial charge in [-0.15, -0.1) is 0 Å². The van der Waals surface area contributed by atoms with Crippen LogP contribution in [0.3, 0.4) is 0 Å². The molecule has 0 N–H and O–H groups in total. The normalized spacial score (nSPS) is 11.5. The summed E-state index contributed by atoms with van der Waals surface area (Å²) in [5.74, 6) is 0. The van der Waals surface area contributed by atoms with E-state index in [0.29, 0.717) is 0 Å². The summed E-state index contributed by atoms with van der Waals surface area (Å²) >= 11 is 0. The minimum absolute atomic E-state index is 0.537. The van der Waals surface area contributed by atoms with Crippen molar-refractivity contribution in [3.05, 3.63) is 42.7 Å². The summed E-state index contributed by atoms with van der Waals surface area (Å²) in [6, 6.07) is 3.37. The molecule has 1 heterocycles. The molecule has 73 valence electrons. The first kappa shape index (κ1) is 10.2. The standard InChI is InChI=1S/C10H10NO3/c1-3-9(14-10(12)13-2)8-5-4-6-11-7-8/h3-5,7,9H,1H2,2H3. The average Bonchev–Trinajstić information content (AvgIpc) is 2.26. The minimum atomic E-state index is -0.747. The Morgan fingerprint density at radius 2 is 2.57 bits per heavy atom. The van der Waals surface area contributed by atoms with Gasteiger partial charge in [0.15, 0.2) is 0 Å². The van der Waals surface area contributed by atoms with Crippen molar-refractivity contribution < 1.29 is 14.3 Å². The Morgan fingerprint density at radius 3 is 3.07 bits per heavy atom. The lowest BCUT2D eigenvalue weighted by Crippen LogP contribution is -2.09. The molecular weight excluding hydrogens is 182 g/mol. The highest BCUT2D eigenvalue weighted by Gasteiger charge is 2.12. The van der Waals surface area contributed by atoms with E-state index in [1.807, 2.05) is 0 Å². The molecule has 0 saturated carbocycles. The lowest BCUT2D eigenvalue weighted by molar-refractivity contribution is 0.0522. The molecule has 0 fully saturated rings. The Morgan fingerprint density at radius 1 is 1.79 bits per heavy atom. The SMILES string of the molecule is C=CC(OC(=O)OC)c1cc[c]nc1. The van der Waals surface area contributed by atoms with Crippen LogP contribution < -0.4 is 0 Å². The van der Waals surface area contributed by atoms with Gasteiger partial charge >= 0.3 is 6.16 Å². The Hall–Kier alpha value is -1.84. The minimum Gasteiger partial charge on any atom is -0.438 e. The zero-order chi connectivity index (χ0) is 10.4. The van der Waals surface area contributed by atoms with E-state index in [1.165, 1.54) is 13.2 Å². The second kappa shape index (κ2) is 5.01. The summed E-state index contributed by atoms with van der Waals surface area (Å²) in [6.45, 7) is 3.55. The first-order valence-corrected chi connectivity index (χ1v) is 3.97. The summed E-state index contributed by atoms with van der Waals surface area (Å²) in [4.78, 5) is 14.6. The topological polar surface area (TPSA) is 48.4 Å². The molecule has 1 unspecified atom stereocenters. The van der Waals surface area contributed by atoms with Gasteiger partial charge in [0.1, 0.15) is 6.10 Å². The van der Waals surface area contributed by atoms with Crippen LogP contribution in [0.5, 0.6) is 0 Å². The fourth-order valence-corrected chi connectivity index (χ4v) is 0.904. The van der Waals surface area contributed by atoms with E-state index in [9.17, 15) is 4.79 Å². The number of ether oxygens (including phenoxy) is 2. The third-order valence-corrected chi connectivity index (χ3v) is 1.57. The fraction of sp³-hybridized carbons (Fsp3) is 0.200. The molecular formula is C10H10NO3. The molecule has 1 aromatic heterocycles. The molecule has 14 heavy (non-hydrogen) atoms. The molecule has 0 aliphatic carbocycles. The molecule has 0 spiro atoms. The molecule has 1 aromatic rings. The van der Waals surface area contributed by atoms with Crippen LogP contribution in [0.2, 0.25) is 0 Å². The van der Waals surface area contributed by atoms with E-state index in [4.69, 9.17) is 4.74 Å². The number of pyridine rings is 1. The van der Waals surface area contributed by atoms with E-state index in [2.05, 4.69) is 22.5 Å². The summed E-state index contributed by atoms with van der Waals surface area (Å²) in [5, 5.41) is 0. The third kappa shape index (κ3) is 2.58. The lowest BCUT2D eigenvalue weighted by atomic mass is 10.2. The van der Waals surface area contributed by atoms with Gasteiger partial charge in [-0.25, -0.2) is 4.79 Å². The van der Waals surface area contributed by atoms with Gasteiger partial charge in [-0.1, -0.05) is 12.6 Å². The van der Waals surface area contributed by atoms with Crippen LogP contribution in [-0.4, -0.2) is 18.2 Å². The van der Waals surface area contributed by atoms with Crippen molar-refractivity contribution in [2.45, 2.75) is 6.10 Å². The summed E-state index contributed by atoms with van der Waals surface area (Å²) < 4.78 is 9.27. The van der Waals surface area contributed by atoms with Crippen molar-refractivity contribution in [3.8, 4) is 0 Å². The molecule has 4 heteroatoms. The van der Waals surface area contributed by atoms with Gasteiger partial charge in [0.25, 0.3) is 0 Å². The second-order valence-electron chi connectivity index (χ2n) is 2.45. The molecule has 0 amide bonds. The third-order valence-electron chi connectivity index (χ3n) is 1.57. The van der Waals surface area contributed by atoms with E-state index in [-0.39, 0.29) is 0 Å². The summed E-state index contributed by atoms with van der Waals surface area (Å²) in [7, 11) is 1.25. The first-order chi connectivity index (χ1) is 6.77. The number of rotatable bonds is 3. The van der Waals surface area contributed by atoms with Gasteiger partial charge in [0.2, 0.25) is 0 Å². The Kier molecular flexibility index (Phi) is 3.67. The number of carbonyl (C=O) groups is 1. The number of nitrogens with zero attached hydrogens (tertiary/aromatic N) is 1. The lowest BCUT2D eigenvalue weighted by Gasteiger charge is -2.12. The van der Waals surface area contributed by atoms with Crippen molar-refractivity contribution in [2.24, 2.45) is 0 Å². The molecule has 1 rings (SSSR count). The number of hydrogen-bond acceptors (Lipinski definition) is 4. The highest BCUT2D eigenvalue weighted by molar-refractivity contribution is 5.60. The van der Waals surface area contributed by atoms with E-state index >= 15 is 0 Å². The van der Waals surface area contributed by atoms with Crippen molar-refractivity contribution in [2.75, 3.05) is 7.11 Å². The Bertz CT molecular complexity index is 310. The number of hydrogen-bond donors (Lipinski definition) is 0. The van der Waals surface area contributed by atoms with Crippen LogP contribution in [-0.2, 0) is 9.47 Å². The second-order valence-corrected chi connectivity index (χ2v) is 2.45. The van der Waals surface area contributed by atoms with Gasteiger partial charge in [-0.05, 0) is 12.1 Å². The zero-order valence-electron chi connectivity index (χ0n) is 7.77. The quantitative estimate of drug-likeness (QED) is 0.542. The largest absolute Gasteiger partial charge is 0.508 e. The van der Waals surface area contributed by atoms with Gasteiger partial charge in [-0.2, -0.15) is 0 Å². The zero-order valence-corrected chi connectivity index (χ0v) is 7.77. The molecule has 0 saturated heterocycles. The molecule has 4 nitrogen and oxygen atoms in total.